The van der Waals surface area contributed by atoms with E-state index in [0.717, 1.165) is 30.9 Å². The summed E-state index contributed by atoms with van der Waals surface area (Å²) in [5, 5.41) is 7.90. The number of rotatable bonds is 6. The van der Waals surface area contributed by atoms with E-state index in [9.17, 15) is 0 Å². The molecule has 0 bridgehead atoms. The molecule has 0 amide bonds. The van der Waals surface area contributed by atoms with Gasteiger partial charge in [-0.15, -0.1) is 0 Å². The van der Waals surface area contributed by atoms with Crippen molar-refractivity contribution in [1.82, 2.24) is 0 Å². The minimum absolute atomic E-state index is 0. The average Bonchev–Trinajstić information content (AvgIpc) is 3.52. The van der Waals surface area contributed by atoms with Gasteiger partial charge in [-0.25, -0.2) is 0 Å². The van der Waals surface area contributed by atoms with E-state index in [1.54, 1.807) is 33.9 Å². The molecule has 0 spiro atoms. The van der Waals surface area contributed by atoms with Crippen LogP contribution >= 0.6 is 0 Å². The predicted molar refractivity (Wildman–Crippen MR) is 184 cm³/mol. The Hall–Kier alpha value is 1.29. The van der Waals surface area contributed by atoms with Gasteiger partial charge in [-0.2, -0.15) is 0 Å². The summed E-state index contributed by atoms with van der Waals surface area (Å²) in [6.07, 6.45) is 20.3. The molecule has 6 atom stereocenters. The van der Waals surface area contributed by atoms with E-state index in [-0.39, 0.29) is 24.8 Å². The number of fused-ring (bicyclic) bond motifs is 2. The van der Waals surface area contributed by atoms with E-state index < -0.39 is 52.6 Å². The zero-order chi connectivity index (χ0) is 28.8. The first-order chi connectivity index (χ1) is 17.9. The molecule has 1 heterocycles. The van der Waals surface area contributed by atoms with E-state index in [1.165, 1.54) is 12.8 Å². The molecule has 5 aliphatic rings. The topological polar surface area (TPSA) is 0 Å². The molecule has 1 aliphatic heterocycles. The summed E-state index contributed by atoms with van der Waals surface area (Å²) in [4.78, 5) is 0. The standard InChI is InChI=1S/2C15H27Si2.C4H8.2ClH.Zr/c2*1-16(2,3)14-10-11-15(17(4,5)6)13-9-7-8-12(13)14;1-3-4-2;;;/h2*8,10-13H,7,9H2,1-6H3;1-4H2;2*1H;/q;;;;;+2/p-2. The van der Waals surface area contributed by atoms with Crippen molar-refractivity contribution in [3.05, 3.63) is 45.1 Å². The van der Waals surface area contributed by atoms with Crippen molar-refractivity contribution in [2.75, 3.05) is 0 Å². The summed E-state index contributed by atoms with van der Waals surface area (Å²) in [6.45, 7) is 31.9. The minimum Gasteiger partial charge on any atom is -1.00 e. The SMILES string of the molecule is C[Si](C)(C)C1=CC=C([Si](C)(C)C)C2C1CC[CH]2[Zr+2]1([CH]2CCC3C([Si](C)(C)C)=CC=C([Si](C)(C)C)C32)[CH2]CC[CH2]1.[Cl-].[Cl-]. The molecule has 7 heteroatoms. The zero-order valence-electron chi connectivity index (χ0n) is 28.7. The van der Waals surface area contributed by atoms with Crippen LogP contribution in [0.5, 0.6) is 0 Å². The molecular formula is C34H62Cl2Si4Zr. The molecule has 232 valence electrons. The van der Waals surface area contributed by atoms with Gasteiger partial charge in [-0.3, -0.25) is 0 Å². The maximum atomic E-state index is 2.76. The van der Waals surface area contributed by atoms with Crippen LogP contribution < -0.4 is 24.8 Å². The number of hydrogen-bond donors (Lipinski definition) is 0. The van der Waals surface area contributed by atoms with E-state index in [1.807, 2.05) is 20.8 Å². The molecule has 0 aromatic rings. The summed E-state index contributed by atoms with van der Waals surface area (Å²) in [7, 11) is -5.31. The summed E-state index contributed by atoms with van der Waals surface area (Å²) >= 11 is -2.51. The van der Waals surface area contributed by atoms with Crippen LogP contribution in [0.4, 0.5) is 0 Å². The molecule has 1 saturated heterocycles. The van der Waals surface area contributed by atoms with E-state index in [4.69, 9.17) is 0 Å². The summed E-state index contributed by atoms with van der Waals surface area (Å²) < 4.78 is 5.76. The van der Waals surface area contributed by atoms with Crippen molar-refractivity contribution in [1.29, 1.82) is 0 Å². The van der Waals surface area contributed by atoms with Crippen molar-refractivity contribution in [3.8, 4) is 0 Å². The monoisotopic (exact) mass is 742 g/mol. The summed E-state index contributed by atoms with van der Waals surface area (Å²) in [5.41, 5.74) is 0. The van der Waals surface area contributed by atoms with E-state index >= 15 is 0 Å². The first-order valence-electron chi connectivity index (χ1n) is 16.7. The second kappa shape index (κ2) is 12.5. The third-order valence-electron chi connectivity index (χ3n) is 12.2. The van der Waals surface area contributed by atoms with Gasteiger partial charge in [-0.05, 0) is 0 Å². The Bertz CT molecular complexity index is 1020. The Balaban J connectivity index is 0.00000231. The Morgan fingerprint density at radius 3 is 1.05 bits per heavy atom. The van der Waals surface area contributed by atoms with Crippen LogP contribution in [0.1, 0.15) is 38.5 Å². The molecule has 41 heavy (non-hydrogen) atoms. The summed E-state index contributed by atoms with van der Waals surface area (Å²) in [5.74, 6) is 3.73. The molecule has 0 N–H and O–H groups in total. The number of halogens is 2. The molecule has 6 unspecified atom stereocenters. The minimum atomic E-state index is -2.51. The van der Waals surface area contributed by atoms with Gasteiger partial charge in [0.2, 0.25) is 0 Å². The van der Waals surface area contributed by atoms with E-state index in [2.05, 4.69) is 103 Å². The van der Waals surface area contributed by atoms with Crippen molar-refractivity contribution >= 4 is 32.3 Å². The van der Waals surface area contributed by atoms with Crippen molar-refractivity contribution in [3.63, 3.8) is 0 Å². The van der Waals surface area contributed by atoms with Crippen LogP contribution in [0.2, 0.25) is 94.1 Å². The Kier molecular flexibility index (Phi) is 11.2. The van der Waals surface area contributed by atoms with Gasteiger partial charge in [0.05, 0.1) is 0 Å². The molecular weight excluding hydrogens is 683 g/mol. The quantitative estimate of drug-likeness (QED) is 0.309. The molecule has 2 saturated carbocycles. The average molecular weight is 745 g/mol. The first-order valence-corrected chi connectivity index (χ1v) is 37.0. The normalized spacial score (nSPS) is 32.7. The maximum Gasteiger partial charge on any atom is -1.00 e. The fraction of sp³-hybridized carbons (Fsp3) is 0.765. The molecule has 4 aliphatic carbocycles. The Labute approximate surface area is 276 Å². The van der Waals surface area contributed by atoms with Gasteiger partial charge in [0.1, 0.15) is 0 Å². The van der Waals surface area contributed by atoms with Gasteiger partial charge in [-0.1, -0.05) is 0 Å². The van der Waals surface area contributed by atoms with Crippen LogP contribution in [0.25, 0.3) is 0 Å². The van der Waals surface area contributed by atoms with Crippen molar-refractivity contribution in [2.45, 2.75) is 133 Å². The van der Waals surface area contributed by atoms with Gasteiger partial charge >= 0.3 is 254 Å². The first kappa shape index (κ1) is 36.8. The molecule has 3 fully saturated rings. The second-order valence-corrected chi connectivity index (χ2v) is 51.0. The molecule has 0 aromatic heterocycles. The molecule has 0 radical (unpaired) electrons. The smallest absolute Gasteiger partial charge is 1.00 e. The van der Waals surface area contributed by atoms with Crippen LogP contribution in [-0.2, 0) is 20.3 Å². The van der Waals surface area contributed by atoms with Crippen molar-refractivity contribution < 1.29 is 45.1 Å². The zero-order valence-corrected chi connectivity index (χ0v) is 36.7. The van der Waals surface area contributed by atoms with Gasteiger partial charge in [0, 0.05) is 0 Å². The van der Waals surface area contributed by atoms with Crippen LogP contribution in [0, 0.1) is 23.7 Å². The predicted octanol–water partition coefficient (Wildman–Crippen LogP) is 5.65. The van der Waals surface area contributed by atoms with Gasteiger partial charge < -0.3 is 24.8 Å². The van der Waals surface area contributed by atoms with Crippen molar-refractivity contribution in [2.24, 2.45) is 23.7 Å². The fourth-order valence-corrected chi connectivity index (χ4v) is 38.9. The molecule has 0 nitrogen and oxygen atoms in total. The molecule has 5 rings (SSSR count). The molecule has 0 aromatic carbocycles. The van der Waals surface area contributed by atoms with Crippen LogP contribution in [0.3, 0.4) is 0 Å². The Morgan fingerprint density at radius 1 is 0.463 bits per heavy atom. The number of hydrogen-bond acceptors (Lipinski definition) is 0. The summed E-state index contributed by atoms with van der Waals surface area (Å²) in [6, 6.07) is 0. The van der Waals surface area contributed by atoms with Crippen LogP contribution in [-0.4, -0.2) is 32.3 Å². The fourth-order valence-electron chi connectivity index (χ4n) is 10.8. The number of allylic oxidation sites excluding steroid dienone is 8. The Morgan fingerprint density at radius 2 is 0.756 bits per heavy atom. The third-order valence-corrected chi connectivity index (χ3v) is 38.0. The van der Waals surface area contributed by atoms with Gasteiger partial charge in [0.25, 0.3) is 0 Å². The largest absolute Gasteiger partial charge is 1.00 e. The third kappa shape index (κ3) is 6.60. The van der Waals surface area contributed by atoms with Gasteiger partial charge in [0.15, 0.2) is 0 Å². The van der Waals surface area contributed by atoms with E-state index in [0.29, 0.717) is 0 Å². The van der Waals surface area contributed by atoms with Crippen LogP contribution in [0.15, 0.2) is 45.1 Å². The maximum absolute atomic E-state index is 2.76. The second-order valence-electron chi connectivity index (χ2n) is 18.6.